The molecular formula is C25H21N3O5. The molecule has 4 aromatic rings. The molecule has 0 fully saturated rings. The number of fused-ring (bicyclic) bond motifs is 1. The van der Waals surface area contributed by atoms with Gasteiger partial charge < -0.3 is 14.9 Å². The van der Waals surface area contributed by atoms with Gasteiger partial charge in [-0.1, -0.05) is 54.6 Å². The third-order valence-corrected chi connectivity index (χ3v) is 5.12. The molecule has 0 spiro atoms. The quantitative estimate of drug-likeness (QED) is 0.391. The van der Waals surface area contributed by atoms with E-state index in [2.05, 4.69) is 9.98 Å². The van der Waals surface area contributed by atoms with Crippen molar-refractivity contribution in [2.24, 2.45) is 4.99 Å². The lowest BCUT2D eigenvalue weighted by molar-refractivity contribution is 0.0698. The number of ether oxygens (including phenoxy) is 1. The molecule has 1 amide bonds. The van der Waals surface area contributed by atoms with Crippen molar-refractivity contribution in [3.63, 3.8) is 0 Å². The van der Waals surface area contributed by atoms with Gasteiger partial charge in [0.25, 0.3) is 6.01 Å². The summed E-state index contributed by atoms with van der Waals surface area (Å²) in [5.74, 6) is -1.03. The van der Waals surface area contributed by atoms with Gasteiger partial charge in [0.15, 0.2) is 0 Å². The second kappa shape index (κ2) is 9.35. The molecule has 0 atom stereocenters. The molecule has 0 unspecified atom stereocenters. The van der Waals surface area contributed by atoms with Crippen molar-refractivity contribution >= 4 is 29.3 Å². The molecular weight excluding hydrogens is 422 g/mol. The summed E-state index contributed by atoms with van der Waals surface area (Å²) in [4.78, 5) is 30.5. The normalized spacial score (nSPS) is 11.2. The third-order valence-electron chi connectivity index (χ3n) is 5.12. The van der Waals surface area contributed by atoms with E-state index in [1.165, 1.54) is 6.21 Å². The van der Waals surface area contributed by atoms with Crippen LogP contribution in [-0.4, -0.2) is 44.6 Å². The number of benzene rings is 3. The van der Waals surface area contributed by atoms with Crippen LogP contribution >= 0.6 is 0 Å². The Labute approximate surface area is 189 Å². The molecule has 1 aromatic heterocycles. The number of nitrogens with zero attached hydrogens (tertiary/aromatic N) is 3. The Hall–Kier alpha value is -4.46. The highest BCUT2D eigenvalue weighted by molar-refractivity contribution is 6.01. The predicted octanol–water partition coefficient (Wildman–Crippen LogP) is 4.95. The van der Waals surface area contributed by atoms with E-state index in [9.17, 15) is 14.7 Å². The molecule has 0 saturated carbocycles. The molecule has 0 bridgehead atoms. The number of para-hydroxylation sites is 1. The summed E-state index contributed by atoms with van der Waals surface area (Å²) in [6.07, 6.45) is 0.0731. The van der Waals surface area contributed by atoms with E-state index in [4.69, 9.17) is 9.84 Å². The lowest BCUT2D eigenvalue weighted by Gasteiger charge is -2.12. The molecule has 8 heteroatoms. The first-order valence-electron chi connectivity index (χ1n) is 10.3. The number of imidazole rings is 1. The summed E-state index contributed by atoms with van der Waals surface area (Å²) in [6, 6.07) is 20.5. The Kier molecular flexibility index (Phi) is 6.17. The highest BCUT2D eigenvalue weighted by atomic mass is 16.5. The summed E-state index contributed by atoms with van der Waals surface area (Å²) >= 11 is 0. The van der Waals surface area contributed by atoms with Crippen molar-refractivity contribution in [3.8, 4) is 17.1 Å². The minimum atomic E-state index is -1.25. The number of carbonyl (C=O) groups is 2. The van der Waals surface area contributed by atoms with Crippen LogP contribution in [0.3, 0.4) is 0 Å². The van der Waals surface area contributed by atoms with Crippen LogP contribution in [0.5, 0.6) is 6.01 Å². The predicted molar refractivity (Wildman–Crippen MR) is 124 cm³/mol. The smallest absolute Gasteiger partial charge is 0.431 e. The Bertz CT molecular complexity index is 1360. The minimum absolute atomic E-state index is 0.161. The van der Waals surface area contributed by atoms with Crippen LogP contribution < -0.4 is 4.74 Å². The molecule has 8 nitrogen and oxygen atoms in total. The van der Waals surface area contributed by atoms with E-state index in [1.807, 2.05) is 49.4 Å². The lowest BCUT2D eigenvalue weighted by Crippen LogP contribution is -2.08. The number of aromatic carboxylic acids is 1. The molecule has 4 rings (SSSR count). The number of rotatable bonds is 7. The van der Waals surface area contributed by atoms with Crippen molar-refractivity contribution in [1.29, 1.82) is 0 Å². The second-order valence-electron chi connectivity index (χ2n) is 7.22. The van der Waals surface area contributed by atoms with Crippen LogP contribution in [0.4, 0.5) is 4.79 Å². The molecule has 0 aliphatic carbocycles. The standard InChI is InChI=1S/C25H21N3O5/c1-2-33-24-27-21-9-5-8-20(23(29)30)22(21)28(24)15-16-10-12-17(13-11-16)19-7-4-3-6-18(19)14-26-25(31)32/h3-14H,2,15H2,1H3,(H,29,30)(H,31,32). The van der Waals surface area contributed by atoms with E-state index in [0.717, 1.165) is 16.7 Å². The van der Waals surface area contributed by atoms with E-state index in [0.29, 0.717) is 35.8 Å². The van der Waals surface area contributed by atoms with E-state index >= 15 is 0 Å². The van der Waals surface area contributed by atoms with Gasteiger partial charge in [-0.3, -0.25) is 4.57 Å². The molecule has 2 N–H and O–H groups in total. The van der Waals surface area contributed by atoms with Crippen LogP contribution in [-0.2, 0) is 6.54 Å². The number of aromatic nitrogens is 2. The topological polar surface area (TPSA) is 114 Å². The van der Waals surface area contributed by atoms with Gasteiger partial charge in [0.1, 0.15) is 0 Å². The first-order chi connectivity index (χ1) is 16.0. The number of hydrogen-bond donors (Lipinski definition) is 2. The van der Waals surface area contributed by atoms with Gasteiger partial charge in [0, 0.05) is 11.8 Å². The molecule has 0 aliphatic rings. The molecule has 3 aromatic carbocycles. The first-order valence-corrected chi connectivity index (χ1v) is 10.3. The van der Waals surface area contributed by atoms with Gasteiger partial charge in [-0.2, -0.15) is 9.98 Å². The monoisotopic (exact) mass is 443 g/mol. The van der Waals surface area contributed by atoms with E-state index < -0.39 is 12.1 Å². The maximum absolute atomic E-state index is 11.8. The van der Waals surface area contributed by atoms with Gasteiger partial charge in [-0.15, -0.1) is 0 Å². The average Bonchev–Trinajstić information content (AvgIpc) is 3.15. The van der Waals surface area contributed by atoms with Crippen molar-refractivity contribution in [2.75, 3.05) is 6.61 Å². The van der Waals surface area contributed by atoms with Gasteiger partial charge in [0.05, 0.1) is 29.7 Å². The van der Waals surface area contributed by atoms with Crippen LogP contribution in [0.25, 0.3) is 22.2 Å². The molecule has 1 heterocycles. The zero-order valence-corrected chi connectivity index (χ0v) is 17.8. The lowest BCUT2D eigenvalue weighted by atomic mass is 9.99. The first kappa shape index (κ1) is 21.8. The zero-order valence-electron chi connectivity index (χ0n) is 17.8. The average molecular weight is 443 g/mol. The molecule has 0 aliphatic heterocycles. The van der Waals surface area contributed by atoms with Gasteiger partial charge in [-0.05, 0) is 35.7 Å². The molecule has 33 heavy (non-hydrogen) atoms. The molecule has 0 saturated heterocycles. The van der Waals surface area contributed by atoms with Gasteiger partial charge in [-0.25, -0.2) is 9.59 Å². The number of amides is 1. The van der Waals surface area contributed by atoms with Crippen LogP contribution in [0.1, 0.15) is 28.4 Å². The summed E-state index contributed by atoms with van der Waals surface area (Å²) in [6.45, 7) is 2.62. The fraction of sp³-hybridized carbons (Fsp3) is 0.120. The van der Waals surface area contributed by atoms with Gasteiger partial charge >= 0.3 is 12.1 Å². The molecule has 166 valence electrons. The summed E-state index contributed by atoms with van der Waals surface area (Å²) in [7, 11) is 0. The van der Waals surface area contributed by atoms with Crippen LogP contribution in [0, 0.1) is 0 Å². The highest BCUT2D eigenvalue weighted by Gasteiger charge is 2.19. The fourth-order valence-electron chi connectivity index (χ4n) is 3.69. The SMILES string of the molecule is CCOc1nc2cccc(C(=O)O)c2n1Cc1ccc(-c2ccccc2C=NC(=O)O)cc1. The van der Waals surface area contributed by atoms with Gasteiger partial charge in [0.2, 0.25) is 0 Å². The number of hydrogen-bond acceptors (Lipinski definition) is 4. The summed E-state index contributed by atoms with van der Waals surface area (Å²) < 4.78 is 7.45. The van der Waals surface area contributed by atoms with Crippen LogP contribution in [0.2, 0.25) is 0 Å². The van der Waals surface area contributed by atoms with E-state index in [1.54, 1.807) is 28.8 Å². The Morgan fingerprint density at radius 2 is 1.79 bits per heavy atom. The number of carboxylic acids is 1. The van der Waals surface area contributed by atoms with Crippen molar-refractivity contribution in [1.82, 2.24) is 9.55 Å². The fourth-order valence-corrected chi connectivity index (χ4v) is 3.69. The summed E-state index contributed by atoms with van der Waals surface area (Å²) in [5.41, 5.74) is 4.60. The second-order valence-corrected chi connectivity index (χ2v) is 7.22. The van der Waals surface area contributed by atoms with E-state index in [-0.39, 0.29) is 5.56 Å². The zero-order chi connectivity index (χ0) is 23.4. The maximum Gasteiger partial charge on any atom is 0.431 e. The van der Waals surface area contributed by atoms with Crippen molar-refractivity contribution < 1.29 is 24.5 Å². The minimum Gasteiger partial charge on any atom is -0.478 e. The number of aliphatic imine (C=N–C) groups is 1. The Morgan fingerprint density at radius 3 is 2.48 bits per heavy atom. The molecule has 0 radical (unpaired) electrons. The highest BCUT2D eigenvalue weighted by Crippen LogP contribution is 2.28. The number of carboxylic acid groups (broad SMARTS) is 2. The Morgan fingerprint density at radius 1 is 1.03 bits per heavy atom. The maximum atomic E-state index is 11.8. The largest absolute Gasteiger partial charge is 0.478 e. The summed E-state index contributed by atoms with van der Waals surface area (Å²) in [5, 5.41) is 18.5. The third kappa shape index (κ3) is 4.59. The van der Waals surface area contributed by atoms with Crippen molar-refractivity contribution in [3.05, 3.63) is 83.4 Å². The van der Waals surface area contributed by atoms with Crippen molar-refractivity contribution in [2.45, 2.75) is 13.5 Å². The Balaban J connectivity index is 1.71. The van der Waals surface area contributed by atoms with Crippen LogP contribution in [0.15, 0.2) is 71.7 Å².